The van der Waals surface area contributed by atoms with Gasteiger partial charge in [-0.25, -0.2) is 0 Å². The molecule has 4 nitrogen and oxygen atoms in total. The minimum atomic E-state index is -0.332. The van der Waals surface area contributed by atoms with Gasteiger partial charge < -0.3 is 15.5 Å². The van der Waals surface area contributed by atoms with Crippen LogP contribution in [-0.2, 0) is 0 Å². The van der Waals surface area contributed by atoms with E-state index in [1.807, 2.05) is 13.8 Å². The van der Waals surface area contributed by atoms with Crippen molar-refractivity contribution in [2.45, 2.75) is 20.8 Å². The summed E-state index contributed by atoms with van der Waals surface area (Å²) in [5.41, 5.74) is 0.842. The third-order valence-electron chi connectivity index (χ3n) is 2.61. The van der Waals surface area contributed by atoms with Gasteiger partial charge in [-0.3, -0.25) is 4.79 Å². The van der Waals surface area contributed by atoms with Crippen molar-refractivity contribution in [3.63, 3.8) is 0 Å². The maximum Gasteiger partial charge on any atom is 0.251 e. The molecule has 0 aliphatic carbocycles. The van der Waals surface area contributed by atoms with Gasteiger partial charge in [0.2, 0.25) is 0 Å². The molecule has 0 aromatic heterocycles. The number of aliphatic hydroxyl groups is 1. The Hall–Kier alpha value is -1.55. The molecule has 3 N–H and O–H groups in total. The van der Waals surface area contributed by atoms with Gasteiger partial charge >= 0.3 is 0 Å². The van der Waals surface area contributed by atoms with E-state index in [-0.39, 0.29) is 23.7 Å². The summed E-state index contributed by atoms with van der Waals surface area (Å²) in [5.74, 6) is -0.0214. The Labute approximate surface area is 101 Å². The highest BCUT2D eigenvalue weighted by Crippen LogP contribution is 2.17. The van der Waals surface area contributed by atoms with Crippen molar-refractivity contribution in [3.8, 4) is 5.75 Å². The molecular formula is C13H19NO3. The van der Waals surface area contributed by atoms with E-state index in [0.29, 0.717) is 17.7 Å². The van der Waals surface area contributed by atoms with Crippen molar-refractivity contribution < 1.29 is 15.0 Å². The fourth-order valence-electron chi connectivity index (χ4n) is 1.27. The summed E-state index contributed by atoms with van der Waals surface area (Å²) >= 11 is 0. The fourth-order valence-corrected chi connectivity index (χ4v) is 1.27. The van der Waals surface area contributed by atoms with E-state index < -0.39 is 0 Å². The first-order valence-electron chi connectivity index (χ1n) is 5.54. The predicted octanol–water partition coefficient (Wildman–Crippen LogP) is 1.45. The molecule has 1 rings (SSSR count). The molecule has 0 aliphatic rings. The molecule has 0 saturated heterocycles. The lowest BCUT2D eigenvalue weighted by atomic mass is 9.95. The van der Waals surface area contributed by atoms with Crippen LogP contribution in [0.4, 0.5) is 0 Å². The summed E-state index contributed by atoms with van der Waals surface area (Å²) < 4.78 is 0. The van der Waals surface area contributed by atoms with Crippen LogP contribution in [-0.4, -0.2) is 29.3 Å². The molecule has 0 aliphatic heterocycles. The highest BCUT2D eigenvalue weighted by molar-refractivity contribution is 5.94. The van der Waals surface area contributed by atoms with Crippen LogP contribution in [0.5, 0.6) is 5.75 Å². The molecule has 4 heteroatoms. The first-order chi connectivity index (χ1) is 7.85. The number of amides is 1. The van der Waals surface area contributed by atoms with Gasteiger partial charge in [0.1, 0.15) is 5.75 Å². The molecule has 17 heavy (non-hydrogen) atoms. The largest absolute Gasteiger partial charge is 0.508 e. The smallest absolute Gasteiger partial charge is 0.251 e. The molecule has 0 unspecified atom stereocenters. The normalized spacial score (nSPS) is 11.3. The lowest BCUT2D eigenvalue weighted by Crippen LogP contribution is -2.36. The number of aliphatic hydroxyl groups excluding tert-OH is 1. The van der Waals surface area contributed by atoms with Crippen molar-refractivity contribution in [2.24, 2.45) is 5.41 Å². The summed E-state index contributed by atoms with van der Waals surface area (Å²) in [7, 11) is 0. The lowest BCUT2D eigenvalue weighted by molar-refractivity contribution is 0.0911. The highest BCUT2D eigenvalue weighted by atomic mass is 16.3. The first kappa shape index (κ1) is 13.5. The first-order valence-corrected chi connectivity index (χ1v) is 5.54. The lowest BCUT2D eigenvalue weighted by Gasteiger charge is -2.21. The van der Waals surface area contributed by atoms with Crippen LogP contribution in [0, 0.1) is 12.3 Å². The second-order valence-corrected chi connectivity index (χ2v) is 5.01. The van der Waals surface area contributed by atoms with E-state index in [2.05, 4.69) is 5.32 Å². The van der Waals surface area contributed by atoms with Crippen LogP contribution in [0.1, 0.15) is 29.8 Å². The molecular weight excluding hydrogens is 218 g/mol. The summed E-state index contributed by atoms with van der Waals surface area (Å²) in [6, 6.07) is 4.71. The van der Waals surface area contributed by atoms with Crippen molar-refractivity contribution >= 4 is 5.91 Å². The second kappa shape index (κ2) is 5.19. The Bertz CT molecular complexity index is 413. The molecule has 0 fully saturated rings. The zero-order valence-electron chi connectivity index (χ0n) is 10.4. The van der Waals surface area contributed by atoms with E-state index in [4.69, 9.17) is 5.11 Å². The van der Waals surface area contributed by atoms with Crippen molar-refractivity contribution in [3.05, 3.63) is 29.3 Å². The molecule has 0 atom stereocenters. The van der Waals surface area contributed by atoms with Crippen LogP contribution < -0.4 is 5.32 Å². The Morgan fingerprint density at radius 3 is 2.59 bits per heavy atom. The number of rotatable bonds is 4. The third-order valence-corrected chi connectivity index (χ3v) is 2.61. The summed E-state index contributed by atoms with van der Waals surface area (Å²) in [6.07, 6.45) is 0. The number of phenols is 1. The number of hydrogen-bond donors (Lipinski definition) is 3. The summed E-state index contributed by atoms with van der Waals surface area (Å²) in [4.78, 5) is 11.8. The second-order valence-electron chi connectivity index (χ2n) is 5.01. The Morgan fingerprint density at radius 2 is 2.06 bits per heavy atom. The van der Waals surface area contributed by atoms with E-state index >= 15 is 0 Å². The van der Waals surface area contributed by atoms with Crippen molar-refractivity contribution in [2.75, 3.05) is 13.2 Å². The minimum absolute atomic E-state index is 0.0158. The van der Waals surface area contributed by atoms with Crippen molar-refractivity contribution in [1.29, 1.82) is 0 Å². The van der Waals surface area contributed by atoms with Gasteiger partial charge in [0.05, 0.1) is 0 Å². The number of benzene rings is 1. The monoisotopic (exact) mass is 237 g/mol. The number of carbonyl (C=O) groups excluding carboxylic acids is 1. The van der Waals surface area contributed by atoms with E-state index in [0.717, 1.165) is 0 Å². The number of aryl methyl sites for hydroxylation is 1. The molecule has 94 valence electrons. The van der Waals surface area contributed by atoms with Gasteiger partial charge in [-0.1, -0.05) is 13.8 Å². The van der Waals surface area contributed by atoms with Gasteiger partial charge in [-0.05, 0) is 30.7 Å². The third kappa shape index (κ3) is 3.75. The number of aromatic hydroxyl groups is 1. The van der Waals surface area contributed by atoms with Crippen LogP contribution in [0.15, 0.2) is 18.2 Å². The Kier molecular flexibility index (Phi) is 4.12. The molecule has 0 radical (unpaired) electrons. The molecule has 0 bridgehead atoms. The summed E-state index contributed by atoms with van der Waals surface area (Å²) in [5, 5.41) is 21.2. The van der Waals surface area contributed by atoms with Gasteiger partial charge in [0.15, 0.2) is 0 Å². The van der Waals surface area contributed by atoms with Crippen LogP contribution in [0.3, 0.4) is 0 Å². The minimum Gasteiger partial charge on any atom is -0.508 e. The molecule has 0 heterocycles. The van der Waals surface area contributed by atoms with Crippen LogP contribution in [0.25, 0.3) is 0 Å². The molecule has 1 aromatic carbocycles. The van der Waals surface area contributed by atoms with E-state index in [1.54, 1.807) is 19.1 Å². The Morgan fingerprint density at radius 1 is 1.41 bits per heavy atom. The topological polar surface area (TPSA) is 69.6 Å². The number of hydrogen-bond acceptors (Lipinski definition) is 3. The molecule has 0 saturated carbocycles. The zero-order chi connectivity index (χ0) is 13.1. The highest BCUT2D eigenvalue weighted by Gasteiger charge is 2.18. The quantitative estimate of drug-likeness (QED) is 0.742. The van der Waals surface area contributed by atoms with Crippen LogP contribution >= 0.6 is 0 Å². The molecule has 1 amide bonds. The average Bonchev–Trinajstić information content (AvgIpc) is 2.30. The van der Waals surface area contributed by atoms with E-state index in [1.165, 1.54) is 6.07 Å². The van der Waals surface area contributed by atoms with Crippen molar-refractivity contribution in [1.82, 2.24) is 5.32 Å². The van der Waals surface area contributed by atoms with E-state index in [9.17, 15) is 9.90 Å². The van der Waals surface area contributed by atoms with Gasteiger partial charge in [0.25, 0.3) is 5.91 Å². The fraction of sp³-hybridized carbons (Fsp3) is 0.462. The SMILES string of the molecule is Cc1cc(C(=O)NCC(C)(C)CO)ccc1O. The standard InChI is InChI=1S/C13H19NO3/c1-9-6-10(4-5-11(9)16)12(17)14-7-13(2,3)8-15/h4-6,15-16H,7-8H2,1-3H3,(H,14,17). The predicted molar refractivity (Wildman–Crippen MR) is 66.0 cm³/mol. The molecule has 1 aromatic rings. The van der Waals surface area contributed by atoms with Gasteiger partial charge in [-0.15, -0.1) is 0 Å². The summed E-state index contributed by atoms with van der Waals surface area (Å²) in [6.45, 7) is 5.90. The maximum atomic E-state index is 11.8. The van der Waals surface area contributed by atoms with Gasteiger partial charge in [-0.2, -0.15) is 0 Å². The average molecular weight is 237 g/mol. The number of nitrogens with one attached hydrogen (secondary N) is 1. The maximum absolute atomic E-state index is 11.8. The van der Waals surface area contributed by atoms with Crippen LogP contribution in [0.2, 0.25) is 0 Å². The van der Waals surface area contributed by atoms with Gasteiger partial charge in [0, 0.05) is 24.1 Å². The Balaban J connectivity index is 2.68. The number of phenolic OH excluding ortho intramolecular Hbond substituents is 1. The molecule has 0 spiro atoms. The zero-order valence-corrected chi connectivity index (χ0v) is 10.4. The number of carbonyl (C=O) groups is 1.